The van der Waals surface area contributed by atoms with Gasteiger partial charge in [0, 0.05) is 34.7 Å². The minimum Gasteiger partial charge on any atom is -0.497 e. The number of likely N-dealkylation sites (tertiary alicyclic amines) is 1. The second-order valence-electron chi connectivity index (χ2n) is 7.97. The summed E-state index contributed by atoms with van der Waals surface area (Å²) in [5.41, 5.74) is 3.99. The van der Waals surface area contributed by atoms with E-state index in [1.54, 1.807) is 36.8 Å². The van der Waals surface area contributed by atoms with E-state index < -0.39 is 0 Å². The average Bonchev–Trinajstić information content (AvgIpc) is 3.45. The fourth-order valence-corrected chi connectivity index (χ4v) is 5.06. The highest BCUT2D eigenvalue weighted by Crippen LogP contribution is 2.34. The van der Waals surface area contributed by atoms with Gasteiger partial charge in [0.1, 0.15) is 11.6 Å². The highest BCUT2D eigenvalue weighted by molar-refractivity contribution is 7.13. The Kier molecular flexibility index (Phi) is 5.75. The lowest BCUT2D eigenvalue weighted by Crippen LogP contribution is -2.33. The van der Waals surface area contributed by atoms with E-state index in [0.29, 0.717) is 11.4 Å². The van der Waals surface area contributed by atoms with Crippen molar-refractivity contribution >= 4 is 33.2 Å². The summed E-state index contributed by atoms with van der Waals surface area (Å²) in [4.78, 5) is 15.2. The number of aromatic amines is 1. The van der Waals surface area contributed by atoms with E-state index in [0.717, 1.165) is 41.6 Å². The van der Waals surface area contributed by atoms with Crippen LogP contribution >= 0.6 is 11.3 Å². The van der Waals surface area contributed by atoms with E-state index >= 15 is 0 Å². The quantitative estimate of drug-likeness (QED) is 0.415. The maximum atomic E-state index is 9.09. The van der Waals surface area contributed by atoms with Crippen LogP contribution in [0.1, 0.15) is 42.3 Å². The number of nitrogens with one attached hydrogen (secondary N) is 2. The van der Waals surface area contributed by atoms with Crippen molar-refractivity contribution in [3.8, 4) is 11.8 Å². The molecular formula is C24H24N6OS. The number of methoxy groups -OCH3 is 1. The monoisotopic (exact) mass is 444 g/mol. The number of fused-ring (bicyclic) bond motifs is 1. The summed E-state index contributed by atoms with van der Waals surface area (Å²) in [6.07, 6.45) is 5.13. The Bertz CT molecular complexity index is 1270. The molecule has 1 aliphatic rings. The number of nitriles is 1. The molecule has 1 saturated heterocycles. The Balaban J connectivity index is 1.33. The lowest BCUT2D eigenvalue weighted by Gasteiger charge is -2.34. The van der Waals surface area contributed by atoms with Gasteiger partial charge in [-0.1, -0.05) is 6.42 Å². The number of ether oxygens (including phenoxy) is 1. The number of nitrogens with zero attached hydrogens (tertiary/aromatic N) is 4. The van der Waals surface area contributed by atoms with Crippen LogP contribution in [0.4, 0.5) is 10.9 Å². The summed E-state index contributed by atoms with van der Waals surface area (Å²) in [7, 11) is 1.69. The first-order valence-corrected chi connectivity index (χ1v) is 11.6. The van der Waals surface area contributed by atoms with Gasteiger partial charge in [-0.05, 0) is 55.8 Å². The Morgan fingerprint density at radius 1 is 1.28 bits per heavy atom. The van der Waals surface area contributed by atoms with E-state index in [1.807, 2.05) is 6.07 Å². The number of H-pyrrole nitrogens is 1. The first kappa shape index (κ1) is 20.5. The van der Waals surface area contributed by atoms with Crippen LogP contribution in [0.2, 0.25) is 0 Å². The molecule has 2 N–H and O–H groups in total. The molecule has 1 aliphatic heterocycles. The predicted molar refractivity (Wildman–Crippen MR) is 126 cm³/mol. The van der Waals surface area contributed by atoms with Crippen molar-refractivity contribution in [1.82, 2.24) is 19.9 Å². The van der Waals surface area contributed by atoms with Crippen molar-refractivity contribution in [3.05, 3.63) is 64.9 Å². The largest absolute Gasteiger partial charge is 0.497 e. The Labute approximate surface area is 190 Å². The topological polar surface area (TPSA) is 89.9 Å². The van der Waals surface area contributed by atoms with Crippen molar-refractivity contribution in [2.75, 3.05) is 19.0 Å². The first-order chi connectivity index (χ1) is 15.7. The van der Waals surface area contributed by atoms with Crippen LogP contribution in [-0.4, -0.2) is 33.5 Å². The Hall–Kier alpha value is -3.41. The third-order valence-corrected chi connectivity index (χ3v) is 6.63. The molecule has 32 heavy (non-hydrogen) atoms. The van der Waals surface area contributed by atoms with Gasteiger partial charge in [-0.15, -0.1) is 11.3 Å². The molecule has 7 nitrogen and oxygen atoms in total. The highest BCUT2D eigenvalue weighted by Gasteiger charge is 2.26. The van der Waals surface area contributed by atoms with E-state index in [9.17, 15) is 0 Å². The Morgan fingerprint density at radius 2 is 2.22 bits per heavy atom. The molecule has 0 spiro atoms. The number of benzene rings is 1. The fourth-order valence-electron chi connectivity index (χ4n) is 4.29. The summed E-state index contributed by atoms with van der Waals surface area (Å²) >= 11 is 1.57. The van der Waals surface area contributed by atoms with Gasteiger partial charge < -0.3 is 15.0 Å². The molecule has 5 rings (SSSR count). The van der Waals surface area contributed by atoms with Crippen LogP contribution in [-0.2, 0) is 6.54 Å². The van der Waals surface area contributed by atoms with Crippen molar-refractivity contribution in [3.63, 3.8) is 0 Å². The van der Waals surface area contributed by atoms with Gasteiger partial charge in [0.15, 0.2) is 5.13 Å². The molecule has 0 saturated carbocycles. The second-order valence-corrected chi connectivity index (χ2v) is 8.83. The van der Waals surface area contributed by atoms with Gasteiger partial charge >= 0.3 is 0 Å². The SMILES string of the molecule is COc1ccc2[nH]c(CN3CCCC[C@H]3c3csc(Nc4cc(C#N)ccn4)n3)cc2c1. The molecule has 0 amide bonds. The normalized spacial score (nSPS) is 16.7. The number of anilines is 2. The molecular weight excluding hydrogens is 420 g/mol. The van der Waals surface area contributed by atoms with Crippen LogP contribution in [0, 0.1) is 11.3 Å². The van der Waals surface area contributed by atoms with E-state index in [2.05, 4.69) is 49.8 Å². The van der Waals surface area contributed by atoms with E-state index in [-0.39, 0.29) is 6.04 Å². The van der Waals surface area contributed by atoms with Crippen molar-refractivity contribution in [2.45, 2.75) is 31.8 Å². The summed E-state index contributed by atoms with van der Waals surface area (Å²) in [5, 5.41) is 16.4. The van der Waals surface area contributed by atoms with Crippen LogP contribution < -0.4 is 10.1 Å². The van der Waals surface area contributed by atoms with Crippen molar-refractivity contribution in [2.24, 2.45) is 0 Å². The molecule has 0 aliphatic carbocycles. The first-order valence-electron chi connectivity index (χ1n) is 10.7. The number of thiazole rings is 1. The lowest BCUT2D eigenvalue weighted by atomic mass is 10.00. The standard InChI is InChI=1S/C24H24N6OS/c1-31-19-5-6-20-17(12-19)11-18(27-20)14-30-9-3-2-4-22(30)21-15-32-24(28-21)29-23-10-16(13-25)7-8-26-23/h5-8,10-12,15,22,27H,2-4,9,14H2,1H3,(H,26,28,29)/t22-/m0/s1. The summed E-state index contributed by atoms with van der Waals surface area (Å²) in [6, 6.07) is 14.2. The molecule has 162 valence electrons. The van der Waals surface area contributed by atoms with Crippen LogP contribution in [0.15, 0.2) is 48.0 Å². The van der Waals surface area contributed by atoms with Crippen molar-refractivity contribution < 1.29 is 4.74 Å². The number of hydrogen-bond donors (Lipinski definition) is 2. The second kappa shape index (κ2) is 8.99. The maximum absolute atomic E-state index is 9.09. The van der Waals surface area contributed by atoms with Crippen molar-refractivity contribution in [1.29, 1.82) is 5.26 Å². The zero-order valence-corrected chi connectivity index (χ0v) is 18.7. The molecule has 8 heteroatoms. The van der Waals surface area contributed by atoms with Crippen LogP contribution in [0.5, 0.6) is 5.75 Å². The summed E-state index contributed by atoms with van der Waals surface area (Å²) < 4.78 is 5.36. The summed E-state index contributed by atoms with van der Waals surface area (Å²) in [6.45, 7) is 1.91. The molecule has 0 radical (unpaired) electrons. The zero-order chi connectivity index (χ0) is 21.9. The molecule has 4 heterocycles. The van der Waals surface area contributed by atoms with Gasteiger partial charge in [0.05, 0.1) is 30.5 Å². The smallest absolute Gasteiger partial charge is 0.188 e. The fraction of sp³-hybridized carbons (Fsp3) is 0.292. The van der Waals surface area contributed by atoms with Gasteiger partial charge in [-0.2, -0.15) is 5.26 Å². The lowest BCUT2D eigenvalue weighted by molar-refractivity contribution is 0.136. The molecule has 0 bridgehead atoms. The molecule has 1 aromatic carbocycles. The molecule has 3 aromatic heterocycles. The third-order valence-electron chi connectivity index (χ3n) is 5.86. The molecule has 0 unspecified atom stereocenters. The predicted octanol–water partition coefficient (Wildman–Crippen LogP) is 5.37. The third kappa shape index (κ3) is 4.31. The van der Waals surface area contributed by atoms with Gasteiger partial charge in [-0.3, -0.25) is 4.90 Å². The average molecular weight is 445 g/mol. The van der Waals surface area contributed by atoms with E-state index in [4.69, 9.17) is 15.0 Å². The van der Waals surface area contributed by atoms with Gasteiger partial charge in [-0.25, -0.2) is 9.97 Å². The zero-order valence-electron chi connectivity index (χ0n) is 17.8. The minimum atomic E-state index is 0.287. The maximum Gasteiger partial charge on any atom is 0.188 e. The Morgan fingerprint density at radius 3 is 3.09 bits per heavy atom. The molecule has 4 aromatic rings. The van der Waals surface area contributed by atoms with E-state index in [1.165, 1.54) is 23.9 Å². The number of aromatic nitrogens is 3. The molecule has 1 atom stereocenters. The number of pyridine rings is 1. The summed E-state index contributed by atoms with van der Waals surface area (Å²) in [5.74, 6) is 1.51. The van der Waals surface area contributed by atoms with Crippen LogP contribution in [0.25, 0.3) is 10.9 Å². The van der Waals surface area contributed by atoms with Gasteiger partial charge in [0.2, 0.25) is 0 Å². The van der Waals surface area contributed by atoms with Gasteiger partial charge in [0.25, 0.3) is 0 Å². The van der Waals surface area contributed by atoms with Crippen LogP contribution in [0.3, 0.4) is 0 Å². The number of hydrogen-bond acceptors (Lipinski definition) is 7. The number of rotatable bonds is 6. The molecule has 1 fully saturated rings. The highest BCUT2D eigenvalue weighted by atomic mass is 32.1. The minimum absolute atomic E-state index is 0.287. The number of piperidine rings is 1.